The molecule has 26 heavy (non-hydrogen) atoms. The highest BCUT2D eigenvalue weighted by molar-refractivity contribution is 5.95. The van der Waals surface area contributed by atoms with Crippen molar-refractivity contribution in [3.63, 3.8) is 0 Å². The highest BCUT2D eigenvalue weighted by Gasteiger charge is 2.04. The van der Waals surface area contributed by atoms with E-state index in [1.165, 1.54) is 0 Å². The third kappa shape index (κ3) is 4.80. The lowest BCUT2D eigenvalue weighted by Crippen LogP contribution is -2.17. The zero-order chi connectivity index (χ0) is 18.2. The lowest BCUT2D eigenvalue weighted by atomic mass is 10.1. The third-order valence-electron chi connectivity index (χ3n) is 3.92. The Kier molecular flexibility index (Phi) is 5.78. The van der Waals surface area contributed by atoms with Gasteiger partial charge in [-0.1, -0.05) is 54.6 Å². The number of ether oxygens (including phenoxy) is 1. The molecule has 130 valence electrons. The van der Waals surface area contributed by atoms with E-state index < -0.39 is 0 Å². The van der Waals surface area contributed by atoms with E-state index in [4.69, 9.17) is 4.74 Å². The van der Waals surface area contributed by atoms with Crippen LogP contribution in [0.3, 0.4) is 0 Å². The number of nitrogens with zero attached hydrogens (tertiary/aromatic N) is 1. The molecule has 3 aromatic carbocycles. The minimum absolute atomic E-state index is 0.260. The van der Waals surface area contributed by atoms with Gasteiger partial charge in [0.1, 0.15) is 12.4 Å². The second-order valence-corrected chi connectivity index (χ2v) is 5.85. The number of aryl methyl sites for hydroxylation is 1. The van der Waals surface area contributed by atoms with Gasteiger partial charge in [0, 0.05) is 5.56 Å². The van der Waals surface area contributed by atoms with Crippen molar-refractivity contribution < 1.29 is 9.53 Å². The van der Waals surface area contributed by atoms with E-state index in [1.54, 1.807) is 30.5 Å². The predicted molar refractivity (Wildman–Crippen MR) is 103 cm³/mol. The second-order valence-electron chi connectivity index (χ2n) is 5.85. The molecular weight excluding hydrogens is 324 g/mol. The monoisotopic (exact) mass is 344 g/mol. The first-order chi connectivity index (χ1) is 12.7. The first kappa shape index (κ1) is 17.4. The molecular formula is C22H20N2O2. The van der Waals surface area contributed by atoms with Crippen LogP contribution in [-0.2, 0) is 6.61 Å². The standard InChI is InChI=1S/C22H20N2O2/c1-17-7-5-6-10-20(17)15-23-24-22(25)19-11-13-21(14-12-19)26-16-18-8-3-2-4-9-18/h2-15H,16H2,1H3,(H,24,25). The summed E-state index contributed by atoms with van der Waals surface area (Å²) in [7, 11) is 0. The Bertz CT molecular complexity index is 888. The van der Waals surface area contributed by atoms with Gasteiger partial charge in [0.05, 0.1) is 6.21 Å². The molecule has 4 nitrogen and oxygen atoms in total. The lowest BCUT2D eigenvalue weighted by molar-refractivity contribution is 0.0955. The average Bonchev–Trinajstić information content (AvgIpc) is 2.69. The van der Waals surface area contributed by atoms with Gasteiger partial charge in [-0.3, -0.25) is 4.79 Å². The first-order valence-electron chi connectivity index (χ1n) is 8.38. The Balaban J connectivity index is 1.54. The maximum Gasteiger partial charge on any atom is 0.271 e. The predicted octanol–water partition coefficient (Wildman–Crippen LogP) is 4.34. The molecule has 0 aliphatic carbocycles. The van der Waals surface area contributed by atoms with E-state index in [9.17, 15) is 4.79 Å². The summed E-state index contributed by atoms with van der Waals surface area (Å²) in [4.78, 5) is 12.1. The molecule has 0 atom stereocenters. The maximum atomic E-state index is 12.1. The van der Waals surface area contributed by atoms with Crippen LogP contribution < -0.4 is 10.2 Å². The summed E-state index contributed by atoms with van der Waals surface area (Å²) in [6.07, 6.45) is 1.64. The molecule has 3 rings (SSSR count). The highest BCUT2D eigenvalue weighted by Crippen LogP contribution is 2.14. The summed E-state index contributed by atoms with van der Waals surface area (Å²) in [6, 6.07) is 24.8. The molecule has 3 aromatic rings. The number of benzene rings is 3. The second kappa shape index (κ2) is 8.62. The van der Waals surface area contributed by atoms with Crippen molar-refractivity contribution in [2.24, 2.45) is 5.10 Å². The summed E-state index contributed by atoms with van der Waals surface area (Å²) in [6.45, 7) is 2.49. The van der Waals surface area contributed by atoms with Crippen molar-refractivity contribution in [1.82, 2.24) is 5.43 Å². The Hall–Kier alpha value is -3.40. The van der Waals surface area contributed by atoms with Gasteiger partial charge >= 0.3 is 0 Å². The van der Waals surface area contributed by atoms with E-state index in [0.29, 0.717) is 17.9 Å². The Labute approximate surface area is 153 Å². The summed E-state index contributed by atoms with van der Waals surface area (Å²) < 4.78 is 5.72. The highest BCUT2D eigenvalue weighted by atomic mass is 16.5. The van der Waals surface area contributed by atoms with E-state index >= 15 is 0 Å². The van der Waals surface area contributed by atoms with Crippen LogP contribution in [0.2, 0.25) is 0 Å². The summed E-state index contributed by atoms with van der Waals surface area (Å²) >= 11 is 0. The average molecular weight is 344 g/mol. The normalized spacial score (nSPS) is 10.7. The topological polar surface area (TPSA) is 50.7 Å². The lowest BCUT2D eigenvalue weighted by Gasteiger charge is -2.07. The number of hydrogen-bond donors (Lipinski definition) is 1. The smallest absolute Gasteiger partial charge is 0.271 e. The molecule has 0 radical (unpaired) electrons. The molecule has 4 heteroatoms. The molecule has 0 spiro atoms. The van der Waals surface area contributed by atoms with Crippen molar-refractivity contribution in [2.45, 2.75) is 13.5 Å². The quantitative estimate of drug-likeness (QED) is 0.534. The van der Waals surface area contributed by atoms with E-state index in [1.807, 2.05) is 61.5 Å². The fraction of sp³-hybridized carbons (Fsp3) is 0.0909. The molecule has 0 saturated carbocycles. The van der Waals surface area contributed by atoms with Crippen LogP contribution in [0.15, 0.2) is 84.0 Å². The van der Waals surface area contributed by atoms with Gasteiger partial charge in [-0.2, -0.15) is 5.10 Å². The Morgan fingerprint density at radius 2 is 1.65 bits per heavy atom. The van der Waals surface area contributed by atoms with Crippen LogP contribution in [-0.4, -0.2) is 12.1 Å². The number of hydrazone groups is 1. The van der Waals surface area contributed by atoms with Gasteiger partial charge in [0.25, 0.3) is 5.91 Å². The first-order valence-corrected chi connectivity index (χ1v) is 8.38. The Morgan fingerprint density at radius 3 is 2.38 bits per heavy atom. The minimum atomic E-state index is -0.260. The number of carbonyl (C=O) groups is 1. The third-order valence-corrected chi connectivity index (χ3v) is 3.92. The molecule has 0 aliphatic rings. The van der Waals surface area contributed by atoms with Crippen LogP contribution in [0.1, 0.15) is 27.0 Å². The van der Waals surface area contributed by atoms with E-state index in [0.717, 1.165) is 16.7 Å². The number of hydrogen-bond acceptors (Lipinski definition) is 3. The summed E-state index contributed by atoms with van der Waals surface area (Å²) in [5, 5.41) is 4.02. The van der Waals surface area contributed by atoms with Crippen molar-refractivity contribution in [2.75, 3.05) is 0 Å². The molecule has 0 heterocycles. The summed E-state index contributed by atoms with van der Waals surface area (Å²) in [5.74, 6) is 0.457. The van der Waals surface area contributed by atoms with Gasteiger partial charge in [0.2, 0.25) is 0 Å². The number of amides is 1. The molecule has 0 aromatic heterocycles. The summed E-state index contributed by atoms with van der Waals surface area (Å²) in [5.41, 5.74) is 6.24. The van der Waals surface area contributed by atoms with Crippen molar-refractivity contribution in [1.29, 1.82) is 0 Å². The van der Waals surface area contributed by atoms with Crippen LogP contribution >= 0.6 is 0 Å². The number of rotatable bonds is 6. The van der Waals surface area contributed by atoms with Gasteiger partial charge in [-0.15, -0.1) is 0 Å². The fourth-order valence-electron chi connectivity index (χ4n) is 2.40. The van der Waals surface area contributed by atoms with Crippen molar-refractivity contribution in [3.8, 4) is 5.75 Å². The molecule has 0 aliphatic heterocycles. The minimum Gasteiger partial charge on any atom is -0.489 e. The zero-order valence-electron chi connectivity index (χ0n) is 14.6. The van der Waals surface area contributed by atoms with Crippen LogP contribution in [0.5, 0.6) is 5.75 Å². The van der Waals surface area contributed by atoms with Crippen molar-refractivity contribution >= 4 is 12.1 Å². The van der Waals surface area contributed by atoms with E-state index in [2.05, 4.69) is 10.5 Å². The molecule has 0 fully saturated rings. The van der Waals surface area contributed by atoms with Gasteiger partial charge in [-0.05, 0) is 47.9 Å². The number of nitrogens with one attached hydrogen (secondary N) is 1. The van der Waals surface area contributed by atoms with Gasteiger partial charge in [-0.25, -0.2) is 5.43 Å². The van der Waals surface area contributed by atoms with Gasteiger partial charge in [0.15, 0.2) is 0 Å². The van der Waals surface area contributed by atoms with Crippen LogP contribution in [0, 0.1) is 6.92 Å². The molecule has 0 unspecified atom stereocenters. The van der Waals surface area contributed by atoms with Gasteiger partial charge < -0.3 is 4.74 Å². The Morgan fingerprint density at radius 1 is 0.962 bits per heavy atom. The van der Waals surface area contributed by atoms with Crippen LogP contribution in [0.25, 0.3) is 0 Å². The molecule has 0 saturated heterocycles. The molecule has 1 amide bonds. The number of carbonyl (C=O) groups excluding carboxylic acids is 1. The molecule has 0 bridgehead atoms. The largest absolute Gasteiger partial charge is 0.489 e. The fourth-order valence-corrected chi connectivity index (χ4v) is 2.40. The maximum absolute atomic E-state index is 12.1. The van der Waals surface area contributed by atoms with Crippen LogP contribution in [0.4, 0.5) is 0 Å². The molecule has 1 N–H and O–H groups in total. The zero-order valence-corrected chi connectivity index (χ0v) is 14.6. The van der Waals surface area contributed by atoms with Crippen molar-refractivity contribution in [3.05, 3.63) is 101 Å². The SMILES string of the molecule is Cc1ccccc1C=NNC(=O)c1ccc(OCc2ccccc2)cc1. The van der Waals surface area contributed by atoms with E-state index in [-0.39, 0.29) is 5.91 Å².